The van der Waals surface area contributed by atoms with Crippen LogP contribution in [-0.2, 0) is 10.8 Å². The van der Waals surface area contributed by atoms with E-state index >= 15 is 0 Å². The molecule has 3 atom stereocenters. The Kier molecular flexibility index (Phi) is 6.58. The van der Waals surface area contributed by atoms with Crippen molar-refractivity contribution in [1.82, 2.24) is 5.32 Å². The molecule has 0 fully saturated rings. The van der Waals surface area contributed by atoms with E-state index < -0.39 is 10.8 Å². The Morgan fingerprint density at radius 2 is 1.83 bits per heavy atom. The molecular weight excluding hydrogens is 242 g/mol. The molecule has 2 nitrogen and oxygen atoms in total. The molecule has 3 heteroatoms. The summed E-state index contributed by atoms with van der Waals surface area (Å²) in [5, 5.41) is 3.45. The van der Waals surface area contributed by atoms with Gasteiger partial charge in [-0.1, -0.05) is 44.9 Å². The van der Waals surface area contributed by atoms with Crippen LogP contribution in [0.3, 0.4) is 0 Å². The number of hydrogen-bond donors (Lipinski definition) is 1. The summed E-state index contributed by atoms with van der Waals surface area (Å²) in [5.41, 5.74) is 1.21. The first kappa shape index (κ1) is 15.4. The summed E-state index contributed by atoms with van der Waals surface area (Å²) in [6.07, 6.45) is 1.11. The van der Waals surface area contributed by atoms with E-state index in [-0.39, 0.29) is 0 Å². The first-order valence-corrected chi connectivity index (χ1v) is 8.08. The molecule has 3 unspecified atom stereocenters. The average molecular weight is 267 g/mol. The molecule has 0 aliphatic rings. The minimum absolute atomic E-state index is 0.335. The molecule has 0 amide bonds. The molecule has 1 aromatic rings. The van der Waals surface area contributed by atoms with Crippen LogP contribution in [0.5, 0.6) is 0 Å². The predicted molar refractivity (Wildman–Crippen MR) is 79.4 cm³/mol. The topological polar surface area (TPSA) is 29.1 Å². The molecule has 0 spiro atoms. The van der Waals surface area contributed by atoms with E-state index in [1.54, 1.807) is 0 Å². The summed E-state index contributed by atoms with van der Waals surface area (Å²) >= 11 is 0. The lowest BCUT2D eigenvalue weighted by molar-refractivity contribution is 0.401. The zero-order valence-corrected chi connectivity index (χ0v) is 12.7. The van der Waals surface area contributed by atoms with Gasteiger partial charge in [-0.3, -0.25) is 4.21 Å². The Morgan fingerprint density at radius 3 is 2.33 bits per heavy atom. The van der Waals surface area contributed by atoms with Crippen molar-refractivity contribution in [3.05, 3.63) is 29.8 Å². The number of aryl methyl sites for hydroxylation is 1. The fourth-order valence-electron chi connectivity index (χ4n) is 1.92. The Balaban J connectivity index is 2.68. The fourth-order valence-corrected chi connectivity index (χ4v) is 3.33. The third-order valence-electron chi connectivity index (χ3n) is 3.41. The van der Waals surface area contributed by atoms with Crippen molar-refractivity contribution in [3.8, 4) is 0 Å². The lowest BCUT2D eigenvalue weighted by Gasteiger charge is -2.23. The second-order valence-corrected chi connectivity index (χ2v) is 6.37. The molecule has 1 N–H and O–H groups in total. The summed E-state index contributed by atoms with van der Waals surface area (Å²) in [7, 11) is -0.908. The van der Waals surface area contributed by atoms with Crippen molar-refractivity contribution in [2.45, 2.75) is 45.1 Å². The van der Waals surface area contributed by atoms with Gasteiger partial charge in [-0.25, -0.2) is 0 Å². The quantitative estimate of drug-likeness (QED) is 0.822. The monoisotopic (exact) mass is 267 g/mol. The Morgan fingerprint density at radius 1 is 1.22 bits per heavy atom. The van der Waals surface area contributed by atoms with Crippen LogP contribution in [0.15, 0.2) is 29.2 Å². The van der Waals surface area contributed by atoms with Crippen molar-refractivity contribution in [2.24, 2.45) is 5.92 Å². The van der Waals surface area contributed by atoms with Crippen LogP contribution in [-0.4, -0.2) is 22.5 Å². The number of hydrogen-bond acceptors (Lipinski definition) is 2. The molecular formula is C15H25NOS. The van der Waals surface area contributed by atoms with Gasteiger partial charge in [0.1, 0.15) is 0 Å². The highest BCUT2D eigenvalue weighted by Gasteiger charge is 2.18. The summed E-state index contributed by atoms with van der Waals surface area (Å²) < 4.78 is 12.3. The van der Waals surface area contributed by atoms with Crippen molar-refractivity contribution in [1.29, 1.82) is 0 Å². The van der Waals surface area contributed by atoms with Crippen LogP contribution in [0, 0.1) is 12.8 Å². The van der Waals surface area contributed by atoms with Gasteiger partial charge in [-0.2, -0.15) is 0 Å². The van der Waals surface area contributed by atoms with Crippen molar-refractivity contribution in [2.75, 3.05) is 12.3 Å². The predicted octanol–water partition coefficient (Wildman–Crippen LogP) is 3.13. The number of rotatable bonds is 7. The summed E-state index contributed by atoms with van der Waals surface area (Å²) in [6, 6.07) is 8.34. The lowest BCUT2D eigenvalue weighted by atomic mass is 10.0. The molecule has 0 saturated heterocycles. The number of nitrogens with one attached hydrogen (secondary N) is 1. The van der Waals surface area contributed by atoms with E-state index in [1.165, 1.54) is 5.56 Å². The Labute approximate surface area is 114 Å². The normalized spacial score (nSPS) is 16.2. The minimum atomic E-state index is -0.908. The van der Waals surface area contributed by atoms with Gasteiger partial charge in [-0.05, 0) is 31.5 Å². The third-order valence-corrected chi connectivity index (χ3v) is 4.87. The maximum Gasteiger partial charge on any atom is 0.0545 e. The molecule has 18 heavy (non-hydrogen) atoms. The molecule has 0 saturated carbocycles. The SMILES string of the molecule is CCNC(CS(=O)c1ccc(C)cc1)C(C)CC. The van der Waals surface area contributed by atoms with E-state index in [0.29, 0.717) is 17.7 Å². The first-order chi connectivity index (χ1) is 8.58. The van der Waals surface area contributed by atoms with Gasteiger partial charge >= 0.3 is 0 Å². The van der Waals surface area contributed by atoms with E-state index in [9.17, 15) is 4.21 Å². The van der Waals surface area contributed by atoms with Crippen molar-refractivity contribution >= 4 is 10.8 Å². The van der Waals surface area contributed by atoms with Gasteiger partial charge in [0.25, 0.3) is 0 Å². The first-order valence-electron chi connectivity index (χ1n) is 6.76. The van der Waals surface area contributed by atoms with Crippen LogP contribution in [0.4, 0.5) is 0 Å². The van der Waals surface area contributed by atoms with Gasteiger partial charge in [-0.15, -0.1) is 0 Å². The van der Waals surface area contributed by atoms with Gasteiger partial charge in [0, 0.05) is 16.7 Å². The van der Waals surface area contributed by atoms with Crippen LogP contribution in [0.1, 0.15) is 32.8 Å². The third kappa shape index (κ3) is 4.54. The number of benzene rings is 1. The van der Waals surface area contributed by atoms with Gasteiger partial charge in [0.05, 0.1) is 10.8 Å². The average Bonchev–Trinajstić information content (AvgIpc) is 2.38. The highest BCUT2D eigenvalue weighted by Crippen LogP contribution is 2.14. The van der Waals surface area contributed by atoms with Gasteiger partial charge in [0.2, 0.25) is 0 Å². The maximum absolute atomic E-state index is 12.3. The molecule has 102 valence electrons. The molecule has 0 radical (unpaired) electrons. The van der Waals surface area contributed by atoms with Gasteiger partial charge < -0.3 is 5.32 Å². The Bertz CT molecular complexity index is 375. The van der Waals surface area contributed by atoms with Crippen LogP contribution in [0.25, 0.3) is 0 Å². The molecule has 0 bridgehead atoms. The highest BCUT2D eigenvalue weighted by molar-refractivity contribution is 7.85. The highest BCUT2D eigenvalue weighted by atomic mass is 32.2. The minimum Gasteiger partial charge on any atom is -0.313 e. The molecule has 0 heterocycles. The van der Waals surface area contributed by atoms with E-state index in [0.717, 1.165) is 17.9 Å². The summed E-state index contributed by atoms with van der Waals surface area (Å²) in [5.74, 6) is 1.26. The molecule has 0 aromatic heterocycles. The second kappa shape index (κ2) is 7.70. The molecule has 0 aliphatic heterocycles. The van der Waals surface area contributed by atoms with Crippen LogP contribution >= 0.6 is 0 Å². The van der Waals surface area contributed by atoms with Crippen LogP contribution in [0.2, 0.25) is 0 Å². The maximum atomic E-state index is 12.3. The second-order valence-electron chi connectivity index (χ2n) is 4.87. The van der Waals surface area contributed by atoms with E-state index in [2.05, 4.69) is 26.1 Å². The summed E-state index contributed by atoms with van der Waals surface area (Å²) in [6.45, 7) is 9.49. The molecule has 0 aliphatic carbocycles. The zero-order chi connectivity index (χ0) is 13.5. The smallest absolute Gasteiger partial charge is 0.0545 e. The van der Waals surface area contributed by atoms with E-state index in [4.69, 9.17) is 0 Å². The van der Waals surface area contributed by atoms with Crippen molar-refractivity contribution < 1.29 is 4.21 Å². The molecule has 1 rings (SSSR count). The Hall–Kier alpha value is -0.670. The summed E-state index contributed by atoms with van der Waals surface area (Å²) in [4.78, 5) is 0.937. The largest absolute Gasteiger partial charge is 0.313 e. The van der Waals surface area contributed by atoms with Crippen molar-refractivity contribution in [3.63, 3.8) is 0 Å². The fraction of sp³-hybridized carbons (Fsp3) is 0.600. The lowest BCUT2D eigenvalue weighted by Crippen LogP contribution is -2.39. The molecule has 1 aromatic carbocycles. The standard InChI is InChI=1S/C15H25NOS/c1-5-13(4)15(16-6-2)11-18(17)14-9-7-12(3)8-10-14/h7-10,13,15-16H,5-6,11H2,1-4H3. The van der Waals surface area contributed by atoms with Gasteiger partial charge in [0.15, 0.2) is 0 Å². The zero-order valence-electron chi connectivity index (χ0n) is 11.9. The van der Waals surface area contributed by atoms with E-state index in [1.807, 2.05) is 31.2 Å². The van der Waals surface area contributed by atoms with Crippen LogP contribution < -0.4 is 5.32 Å².